The SMILES string of the molecule is CCC1CNCCN1c1ccc(N(CC)CC)cc1. The highest BCUT2D eigenvalue weighted by atomic mass is 15.2. The Bertz CT molecular complexity index is 370. The zero-order chi connectivity index (χ0) is 13.7. The van der Waals surface area contributed by atoms with Crippen molar-refractivity contribution in [3.05, 3.63) is 24.3 Å². The van der Waals surface area contributed by atoms with Gasteiger partial charge in [0.25, 0.3) is 0 Å². The summed E-state index contributed by atoms with van der Waals surface area (Å²) in [6.07, 6.45) is 1.20. The van der Waals surface area contributed by atoms with Gasteiger partial charge in [0.05, 0.1) is 0 Å². The normalized spacial score (nSPS) is 19.5. The lowest BCUT2D eigenvalue weighted by atomic mass is 10.1. The van der Waals surface area contributed by atoms with E-state index in [9.17, 15) is 0 Å². The highest BCUT2D eigenvalue weighted by Crippen LogP contribution is 2.23. The molecule has 3 heteroatoms. The molecule has 1 fully saturated rings. The van der Waals surface area contributed by atoms with Gasteiger partial charge in [0.2, 0.25) is 0 Å². The fraction of sp³-hybridized carbons (Fsp3) is 0.625. The van der Waals surface area contributed by atoms with Gasteiger partial charge in [0.1, 0.15) is 0 Å². The molecule has 0 spiro atoms. The highest BCUT2D eigenvalue weighted by Gasteiger charge is 2.20. The first-order valence-corrected chi connectivity index (χ1v) is 7.62. The third kappa shape index (κ3) is 3.21. The summed E-state index contributed by atoms with van der Waals surface area (Å²) in [6.45, 7) is 12.1. The van der Waals surface area contributed by atoms with Crippen LogP contribution in [0.15, 0.2) is 24.3 Å². The van der Waals surface area contributed by atoms with Gasteiger partial charge in [-0.3, -0.25) is 0 Å². The Labute approximate surface area is 117 Å². The van der Waals surface area contributed by atoms with Crippen molar-refractivity contribution in [2.45, 2.75) is 33.2 Å². The number of hydrogen-bond acceptors (Lipinski definition) is 3. The van der Waals surface area contributed by atoms with Crippen LogP contribution in [0.4, 0.5) is 11.4 Å². The second-order valence-electron chi connectivity index (χ2n) is 5.15. The van der Waals surface area contributed by atoms with Gasteiger partial charge in [-0.1, -0.05) is 6.92 Å². The number of benzene rings is 1. The third-order valence-electron chi connectivity index (χ3n) is 4.13. The van der Waals surface area contributed by atoms with Gasteiger partial charge in [-0.25, -0.2) is 0 Å². The van der Waals surface area contributed by atoms with E-state index in [1.54, 1.807) is 0 Å². The molecule has 1 aliphatic heterocycles. The van der Waals surface area contributed by atoms with E-state index in [1.165, 1.54) is 17.8 Å². The topological polar surface area (TPSA) is 18.5 Å². The number of rotatable bonds is 5. The van der Waals surface area contributed by atoms with Crippen molar-refractivity contribution in [3.8, 4) is 0 Å². The van der Waals surface area contributed by atoms with Gasteiger partial charge in [0.15, 0.2) is 0 Å². The van der Waals surface area contributed by atoms with Crippen LogP contribution < -0.4 is 15.1 Å². The van der Waals surface area contributed by atoms with Crippen molar-refractivity contribution in [2.24, 2.45) is 0 Å². The number of piperazine rings is 1. The summed E-state index contributed by atoms with van der Waals surface area (Å²) in [5.41, 5.74) is 2.70. The smallest absolute Gasteiger partial charge is 0.0412 e. The first-order chi connectivity index (χ1) is 9.30. The number of nitrogens with zero attached hydrogens (tertiary/aromatic N) is 2. The molecule has 1 saturated heterocycles. The van der Waals surface area contributed by atoms with Crippen molar-refractivity contribution in [1.29, 1.82) is 0 Å². The summed E-state index contributed by atoms with van der Waals surface area (Å²) >= 11 is 0. The van der Waals surface area contributed by atoms with E-state index in [0.29, 0.717) is 6.04 Å². The standard InChI is InChI=1S/C16H27N3/c1-4-14-13-17-11-12-19(14)16-9-7-15(8-10-16)18(5-2)6-3/h7-10,14,17H,4-6,11-13H2,1-3H3. The lowest BCUT2D eigenvalue weighted by Crippen LogP contribution is -2.51. The average Bonchev–Trinajstić information content (AvgIpc) is 2.49. The lowest BCUT2D eigenvalue weighted by molar-refractivity contribution is 0.466. The molecule has 1 unspecified atom stereocenters. The molecule has 1 aromatic rings. The van der Waals surface area contributed by atoms with Gasteiger partial charge >= 0.3 is 0 Å². The zero-order valence-corrected chi connectivity index (χ0v) is 12.5. The Hall–Kier alpha value is -1.22. The maximum atomic E-state index is 3.48. The molecule has 1 N–H and O–H groups in total. The van der Waals surface area contributed by atoms with Crippen LogP contribution in [0.5, 0.6) is 0 Å². The summed E-state index contributed by atoms with van der Waals surface area (Å²) in [7, 11) is 0. The van der Waals surface area contributed by atoms with Gasteiger partial charge in [-0.15, -0.1) is 0 Å². The van der Waals surface area contributed by atoms with Crippen molar-refractivity contribution in [2.75, 3.05) is 42.5 Å². The van der Waals surface area contributed by atoms with Crippen LogP contribution in [0, 0.1) is 0 Å². The van der Waals surface area contributed by atoms with Crippen molar-refractivity contribution < 1.29 is 0 Å². The Morgan fingerprint density at radius 1 is 1.16 bits per heavy atom. The minimum atomic E-state index is 0.632. The summed E-state index contributed by atoms with van der Waals surface area (Å²) in [6, 6.07) is 9.71. The maximum Gasteiger partial charge on any atom is 0.0412 e. The molecule has 2 rings (SSSR count). The molecule has 19 heavy (non-hydrogen) atoms. The molecule has 0 aromatic heterocycles. The molecule has 0 radical (unpaired) electrons. The van der Waals surface area contributed by atoms with Crippen molar-refractivity contribution in [3.63, 3.8) is 0 Å². The van der Waals surface area contributed by atoms with Crippen molar-refractivity contribution >= 4 is 11.4 Å². The molecule has 0 bridgehead atoms. The Balaban J connectivity index is 2.12. The van der Waals surface area contributed by atoms with Crippen LogP contribution in [0.25, 0.3) is 0 Å². The first-order valence-electron chi connectivity index (χ1n) is 7.62. The fourth-order valence-electron chi connectivity index (χ4n) is 2.91. The van der Waals surface area contributed by atoms with Crippen LogP contribution in [0.1, 0.15) is 27.2 Å². The molecule has 0 saturated carbocycles. The molecular weight excluding hydrogens is 234 g/mol. The summed E-state index contributed by atoms with van der Waals surface area (Å²) in [4.78, 5) is 4.93. The third-order valence-corrected chi connectivity index (χ3v) is 4.13. The van der Waals surface area contributed by atoms with E-state index in [1.807, 2.05) is 0 Å². The predicted molar refractivity (Wildman–Crippen MR) is 84.3 cm³/mol. The van der Waals surface area contributed by atoms with Crippen LogP contribution in [-0.4, -0.2) is 38.8 Å². The Kier molecular flexibility index (Phi) is 5.08. The van der Waals surface area contributed by atoms with E-state index in [4.69, 9.17) is 0 Å². The maximum absolute atomic E-state index is 3.48. The van der Waals surface area contributed by atoms with E-state index >= 15 is 0 Å². The van der Waals surface area contributed by atoms with Crippen LogP contribution in [0.3, 0.4) is 0 Å². The number of hydrogen-bond donors (Lipinski definition) is 1. The molecule has 0 amide bonds. The van der Waals surface area contributed by atoms with Gasteiger partial charge in [-0.2, -0.15) is 0 Å². The van der Waals surface area contributed by atoms with Crippen LogP contribution >= 0.6 is 0 Å². The number of anilines is 2. The molecule has 106 valence electrons. The van der Waals surface area contributed by atoms with Crippen LogP contribution in [-0.2, 0) is 0 Å². The molecule has 0 aliphatic carbocycles. The largest absolute Gasteiger partial charge is 0.372 e. The first kappa shape index (κ1) is 14.2. The van der Waals surface area contributed by atoms with Gasteiger partial charge in [0, 0.05) is 50.1 Å². The summed E-state index contributed by atoms with van der Waals surface area (Å²) in [5.74, 6) is 0. The lowest BCUT2D eigenvalue weighted by Gasteiger charge is -2.37. The predicted octanol–water partition coefficient (Wildman–Crippen LogP) is 2.72. The quantitative estimate of drug-likeness (QED) is 0.879. The molecule has 3 nitrogen and oxygen atoms in total. The highest BCUT2D eigenvalue weighted by molar-refractivity contribution is 5.57. The minimum Gasteiger partial charge on any atom is -0.372 e. The van der Waals surface area contributed by atoms with E-state index in [0.717, 1.165) is 32.7 Å². The second kappa shape index (κ2) is 6.80. The molecular formula is C16H27N3. The molecule has 1 atom stereocenters. The van der Waals surface area contributed by atoms with Gasteiger partial charge < -0.3 is 15.1 Å². The van der Waals surface area contributed by atoms with Gasteiger partial charge in [-0.05, 0) is 44.5 Å². The average molecular weight is 261 g/mol. The fourth-order valence-corrected chi connectivity index (χ4v) is 2.91. The van der Waals surface area contributed by atoms with Crippen molar-refractivity contribution in [1.82, 2.24) is 5.32 Å². The molecule has 1 aliphatic rings. The monoisotopic (exact) mass is 261 g/mol. The van der Waals surface area contributed by atoms with E-state index in [2.05, 4.69) is 60.2 Å². The summed E-state index contributed by atoms with van der Waals surface area (Å²) < 4.78 is 0. The molecule has 1 aromatic carbocycles. The second-order valence-corrected chi connectivity index (χ2v) is 5.15. The minimum absolute atomic E-state index is 0.632. The summed E-state index contributed by atoms with van der Waals surface area (Å²) in [5, 5.41) is 3.48. The van der Waals surface area contributed by atoms with E-state index in [-0.39, 0.29) is 0 Å². The zero-order valence-electron chi connectivity index (χ0n) is 12.5. The Morgan fingerprint density at radius 2 is 1.84 bits per heavy atom. The molecule has 1 heterocycles. The Morgan fingerprint density at radius 3 is 2.42 bits per heavy atom. The van der Waals surface area contributed by atoms with Crippen LogP contribution in [0.2, 0.25) is 0 Å². The number of nitrogens with one attached hydrogen (secondary N) is 1. The van der Waals surface area contributed by atoms with E-state index < -0.39 is 0 Å².